The summed E-state index contributed by atoms with van der Waals surface area (Å²) in [5, 5.41) is 2.43. The van der Waals surface area contributed by atoms with E-state index in [0.29, 0.717) is 15.1 Å². The molecular weight excluding hydrogens is 362 g/mol. The maximum Gasteiger partial charge on any atom is 0.401 e. The molecule has 0 aliphatic heterocycles. The Morgan fingerprint density at radius 1 is 1.50 bits per heavy atom. The Kier molecular flexibility index (Phi) is 6.29. The fourth-order valence-electron chi connectivity index (χ4n) is 1.47. The highest BCUT2D eigenvalue weighted by Gasteiger charge is 2.31. The molecule has 0 saturated carbocycles. The largest absolute Gasteiger partial charge is 0.465 e. The second kappa shape index (κ2) is 7.28. The monoisotopic (exact) mass is 373 g/mol. The van der Waals surface area contributed by atoms with Gasteiger partial charge < -0.3 is 4.74 Å². The van der Waals surface area contributed by atoms with Crippen molar-refractivity contribution >= 4 is 33.5 Å². The number of ether oxygens (including phenoxy) is 1. The van der Waals surface area contributed by atoms with Gasteiger partial charge in [-0.15, -0.1) is 0 Å². The van der Waals surface area contributed by atoms with Gasteiger partial charge >= 0.3 is 12.1 Å². The summed E-state index contributed by atoms with van der Waals surface area (Å²) < 4.78 is 42.2. The van der Waals surface area contributed by atoms with Gasteiger partial charge in [0.05, 0.1) is 18.2 Å². The van der Waals surface area contributed by atoms with E-state index in [1.54, 1.807) is 13.0 Å². The molecule has 0 radical (unpaired) electrons. The van der Waals surface area contributed by atoms with Crippen LogP contribution in [0.1, 0.15) is 18.5 Å². The normalized spacial score (nSPS) is 13.1. The van der Waals surface area contributed by atoms with Crippen molar-refractivity contribution in [2.45, 2.75) is 19.1 Å². The number of halogens is 5. The molecule has 0 aliphatic rings. The summed E-state index contributed by atoms with van der Waals surface area (Å²) in [6.45, 7) is 0.352. The molecule has 0 bridgehead atoms. The molecule has 1 aromatic carbocycles. The Bertz CT molecular complexity index is 482. The standard InChI is InChI=1S/C12H12BrClF3NO2/c1-2-20-11(19)10(18-6-12(15,16)17)7-3-4-8(13)9(14)5-7/h3-5,10,18H,2,6H2,1H3. The van der Waals surface area contributed by atoms with Crippen molar-refractivity contribution in [2.24, 2.45) is 0 Å². The van der Waals surface area contributed by atoms with E-state index in [4.69, 9.17) is 16.3 Å². The molecule has 0 aliphatic carbocycles. The highest BCUT2D eigenvalue weighted by atomic mass is 79.9. The molecule has 0 aromatic heterocycles. The summed E-state index contributed by atoms with van der Waals surface area (Å²) in [6.07, 6.45) is -4.43. The summed E-state index contributed by atoms with van der Waals surface area (Å²) in [4.78, 5) is 11.7. The highest BCUT2D eigenvalue weighted by Crippen LogP contribution is 2.27. The van der Waals surface area contributed by atoms with Crippen LogP contribution in [0.3, 0.4) is 0 Å². The second-order valence-corrected chi connectivity index (χ2v) is 5.12. The maximum atomic E-state index is 12.3. The first-order valence-corrected chi connectivity index (χ1v) is 6.83. The minimum absolute atomic E-state index is 0.0767. The molecule has 0 spiro atoms. The van der Waals surface area contributed by atoms with Gasteiger partial charge in [0.15, 0.2) is 0 Å². The summed E-state index contributed by atoms with van der Waals surface area (Å²) in [6, 6.07) is 3.25. The Balaban J connectivity index is 2.96. The average molecular weight is 375 g/mol. The molecule has 20 heavy (non-hydrogen) atoms. The van der Waals surface area contributed by atoms with Crippen molar-refractivity contribution in [2.75, 3.05) is 13.2 Å². The lowest BCUT2D eigenvalue weighted by molar-refractivity contribution is -0.149. The summed E-state index contributed by atoms with van der Waals surface area (Å²) in [5.41, 5.74) is 0.306. The molecule has 8 heteroatoms. The van der Waals surface area contributed by atoms with Gasteiger partial charge in [0.1, 0.15) is 6.04 Å². The molecule has 112 valence electrons. The number of alkyl halides is 3. The number of hydrogen-bond donors (Lipinski definition) is 1. The van der Waals surface area contributed by atoms with Crippen LogP contribution in [-0.4, -0.2) is 25.3 Å². The molecule has 0 saturated heterocycles. The van der Waals surface area contributed by atoms with E-state index in [1.807, 2.05) is 0 Å². The topological polar surface area (TPSA) is 38.3 Å². The quantitative estimate of drug-likeness (QED) is 0.796. The lowest BCUT2D eigenvalue weighted by Gasteiger charge is -2.19. The van der Waals surface area contributed by atoms with Crippen molar-refractivity contribution in [3.63, 3.8) is 0 Å². The molecule has 1 N–H and O–H groups in total. The lowest BCUT2D eigenvalue weighted by atomic mass is 10.1. The maximum absolute atomic E-state index is 12.3. The third kappa shape index (κ3) is 5.30. The minimum Gasteiger partial charge on any atom is -0.465 e. The number of carbonyl (C=O) groups is 1. The van der Waals surface area contributed by atoms with Gasteiger partial charge in [0.25, 0.3) is 0 Å². The van der Waals surface area contributed by atoms with Crippen LogP contribution in [0, 0.1) is 0 Å². The first-order valence-electron chi connectivity index (χ1n) is 5.66. The van der Waals surface area contributed by atoms with Crippen molar-refractivity contribution in [3.8, 4) is 0 Å². The minimum atomic E-state index is -4.43. The van der Waals surface area contributed by atoms with Gasteiger partial charge in [0.2, 0.25) is 0 Å². The average Bonchev–Trinajstić information content (AvgIpc) is 2.32. The molecule has 1 unspecified atom stereocenters. The summed E-state index contributed by atoms with van der Waals surface area (Å²) in [7, 11) is 0. The predicted molar refractivity (Wildman–Crippen MR) is 72.6 cm³/mol. The fraction of sp³-hybridized carbons (Fsp3) is 0.417. The molecule has 1 atom stereocenters. The van der Waals surface area contributed by atoms with Crippen molar-refractivity contribution in [1.29, 1.82) is 0 Å². The first kappa shape index (κ1) is 17.3. The number of carbonyl (C=O) groups excluding carboxylic acids is 1. The van der Waals surface area contributed by atoms with E-state index in [2.05, 4.69) is 21.2 Å². The molecule has 3 nitrogen and oxygen atoms in total. The molecule has 1 aromatic rings. The molecule has 0 fully saturated rings. The lowest BCUT2D eigenvalue weighted by Crippen LogP contribution is -2.36. The van der Waals surface area contributed by atoms with Gasteiger partial charge in [-0.1, -0.05) is 17.7 Å². The molecule has 0 heterocycles. The Morgan fingerprint density at radius 2 is 2.15 bits per heavy atom. The molecule has 1 rings (SSSR count). The predicted octanol–water partition coefficient (Wildman–Crippen LogP) is 3.86. The van der Waals surface area contributed by atoms with Crippen LogP contribution in [-0.2, 0) is 9.53 Å². The van der Waals surface area contributed by atoms with Gasteiger partial charge in [-0.3, -0.25) is 5.32 Å². The second-order valence-electron chi connectivity index (χ2n) is 3.85. The van der Waals surface area contributed by atoms with E-state index in [-0.39, 0.29) is 6.61 Å². The van der Waals surface area contributed by atoms with Crippen LogP contribution in [0.2, 0.25) is 5.02 Å². The van der Waals surface area contributed by atoms with Crippen LogP contribution in [0.15, 0.2) is 22.7 Å². The highest BCUT2D eigenvalue weighted by molar-refractivity contribution is 9.10. The summed E-state index contributed by atoms with van der Waals surface area (Å²) >= 11 is 9.05. The first-order chi connectivity index (χ1) is 9.24. The number of benzene rings is 1. The van der Waals surface area contributed by atoms with Crippen LogP contribution < -0.4 is 5.32 Å². The van der Waals surface area contributed by atoms with Crippen molar-refractivity contribution in [3.05, 3.63) is 33.3 Å². The number of nitrogens with one attached hydrogen (secondary N) is 1. The molecular formula is C12H12BrClF3NO2. The van der Waals surface area contributed by atoms with E-state index in [0.717, 1.165) is 0 Å². The van der Waals surface area contributed by atoms with Crippen molar-refractivity contribution < 1.29 is 22.7 Å². The Hall–Kier alpha value is -0.790. The van der Waals surface area contributed by atoms with Gasteiger partial charge in [0, 0.05) is 4.47 Å². The van der Waals surface area contributed by atoms with Crippen LogP contribution in [0.4, 0.5) is 13.2 Å². The van der Waals surface area contributed by atoms with Gasteiger partial charge in [-0.2, -0.15) is 13.2 Å². The van der Waals surface area contributed by atoms with E-state index in [9.17, 15) is 18.0 Å². The third-order valence-electron chi connectivity index (χ3n) is 2.31. The van der Waals surface area contributed by atoms with Crippen molar-refractivity contribution in [1.82, 2.24) is 5.32 Å². The van der Waals surface area contributed by atoms with Crippen LogP contribution in [0.5, 0.6) is 0 Å². The van der Waals surface area contributed by atoms with E-state index in [1.165, 1.54) is 12.1 Å². The number of rotatable bonds is 5. The third-order valence-corrected chi connectivity index (χ3v) is 3.54. The number of hydrogen-bond acceptors (Lipinski definition) is 3. The summed E-state index contributed by atoms with van der Waals surface area (Å²) in [5.74, 6) is -0.782. The zero-order valence-corrected chi connectivity index (χ0v) is 12.8. The number of esters is 1. The molecule has 0 amide bonds. The van der Waals surface area contributed by atoms with Crippen LogP contribution in [0.25, 0.3) is 0 Å². The zero-order chi connectivity index (χ0) is 15.3. The van der Waals surface area contributed by atoms with E-state index < -0.39 is 24.7 Å². The Labute approximate surface area is 127 Å². The van der Waals surface area contributed by atoms with Crippen LogP contribution >= 0.6 is 27.5 Å². The smallest absolute Gasteiger partial charge is 0.401 e. The van der Waals surface area contributed by atoms with Gasteiger partial charge in [-0.25, -0.2) is 4.79 Å². The zero-order valence-electron chi connectivity index (χ0n) is 10.4. The fourth-order valence-corrected chi connectivity index (χ4v) is 1.91. The van der Waals surface area contributed by atoms with E-state index >= 15 is 0 Å². The SMILES string of the molecule is CCOC(=O)C(NCC(F)(F)F)c1ccc(Br)c(Cl)c1. The Morgan fingerprint density at radius 3 is 2.65 bits per heavy atom. The van der Waals surface area contributed by atoms with Gasteiger partial charge in [-0.05, 0) is 40.5 Å².